The molecule has 0 fully saturated rings. The number of esters is 1. The molecular formula is C28H32N4O5. The van der Waals surface area contributed by atoms with Gasteiger partial charge in [0.1, 0.15) is 18.4 Å². The van der Waals surface area contributed by atoms with Gasteiger partial charge in [-0.15, -0.1) is 0 Å². The number of amides is 1. The van der Waals surface area contributed by atoms with Crippen molar-refractivity contribution < 1.29 is 23.8 Å². The molecule has 9 nitrogen and oxygen atoms in total. The number of carbonyl (C=O) groups excluding carboxylic acids is 2. The van der Waals surface area contributed by atoms with Gasteiger partial charge in [0.2, 0.25) is 0 Å². The summed E-state index contributed by atoms with van der Waals surface area (Å²) in [7, 11) is 3.38. The van der Waals surface area contributed by atoms with Crippen LogP contribution in [0.3, 0.4) is 0 Å². The average Bonchev–Trinajstić information content (AvgIpc) is 3.27. The summed E-state index contributed by atoms with van der Waals surface area (Å²) < 4.78 is 17.7. The second-order valence-corrected chi connectivity index (χ2v) is 8.40. The highest BCUT2D eigenvalue weighted by atomic mass is 16.5. The Hall–Kier alpha value is -4.29. The second kappa shape index (κ2) is 13.1. The van der Waals surface area contributed by atoms with Gasteiger partial charge in [0.25, 0.3) is 5.91 Å². The first-order valence-corrected chi connectivity index (χ1v) is 11.9. The van der Waals surface area contributed by atoms with E-state index in [1.165, 1.54) is 0 Å². The highest BCUT2D eigenvalue weighted by Gasteiger charge is 2.13. The lowest BCUT2D eigenvalue weighted by Gasteiger charge is -2.15. The summed E-state index contributed by atoms with van der Waals surface area (Å²) in [6.07, 6.45) is 1.53. The van der Waals surface area contributed by atoms with Crippen LogP contribution >= 0.6 is 0 Å². The van der Waals surface area contributed by atoms with Crippen molar-refractivity contribution in [3.8, 4) is 17.6 Å². The zero-order valence-corrected chi connectivity index (χ0v) is 21.8. The third-order valence-corrected chi connectivity index (χ3v) is 5.18. The van der Waals surface area contributed by atoms with Crippen LogP contribution in [0.5, 0.6) is 5.75 Å². The molecule has 37 heavy (non-hydrogen) atoms. The smallest absolute Gasteiger partial charge is 0.325 e. The minimum Gasteiger partial charge on any atom is -0.488 e. The van der Waals surface area contributed by atoms with E-state index in [1.54, 1.807) is 56.2 Å². The van der Waals surface area contributed by atoms with Crippen molar-refractivity contribution in [3.05, 3.63) is 70.9 Å². The number of aromatic nitrogens is 2. The number of hydrogen-bond donors (Lipinski definition) is 2. The number of nitrogens with one attached hydrogen (secondary N) is 2. The first-order chi connectivity index (χ1) is 17.8. The van der Waals surface area contributed by atoms with E-state index in [0.29, 0.717) is 35.9 Å². The van der Waals surface area contributed by atoms with Crippen LogP contribution < -0.4 is 15.4 Å². The van der Waals surface area contributed by atoms with E-state index in [0.717, 1.165) is 16.8 Å². The summed E-state index contributed by atoms with van der Waals surface area (Å²) in [6.45, 7) is 6.40. The third kappa shape index (κ3) is 8.40. The first kappa shape index (κ1) is 27.3. The van der Waals surface area contributed by atoms with Crippen molar-refractivity contribution in [1.29, 1.82) is 0 Å². The molecule has 0 bridgehead atoms. The molecule has 1 heterocycles. The van der Waals surface area contributed by atoms with Crippen molar-refractivity contribution in [2.24, 2.45) is 7.05 Å². The number of ether oxygens (including phenoxy) is 3. The maximum absolute atomic E-state index is 12.9. The van der Waals surface area contributed by atoms with Crippen LogP contribution in [0.4, 0.5) is 11.5 Å². The SMILES string of the molecule is CCOC(=O)CNc1cc(C#Cc2cc(O[C@@H](C)COC)cc(C(=O)Nc3ccn(C)n3)c2)ccc1C. The van der Waals surface area contributed by atoms with E-state index in [-0.39, 0.29) is 24.5 Å². The van der Waals surface area contributed by atoms with Gasteiger partial charge < -0.3 is 24.8 Å². The third-order valence-electron chi connectivity index (χ3n) is 5.18. The van der Waals surface area contributed by atoms with Crippen molar-refractivity contribution >= 4 is 23.4 Å². The molecule has 9 heteroatoms. The Bertz CT molecular complexity index is 1310. The summed E-state index contributed by atoms with van der Waals surface area (Å²) in [6, 6.07) is 12.6. The first-order valence-electron chi connectivity index (χ1n) is 11.9. The summed E-state index contributed by atoms with van der Waals surface area (Å²) in [5.74, 6) is 6.55. The quantitative estimate of drug-likeness (QED) is 0.320. The maximum Gasteiger partial charge on any atom is 0.325 e. The molecule has 1 atom stereocenters. The average molecular weight is 505 g/mol. The fraction of sp³-hybridized carbons (Fsp3) is 0.321. The lowest BCUT2D eigenvalue weighted by Crippen LogP contribution is -2.19. The van der Waals surface area contributed by atoms with Crippen LogP contribution in [0.1, 0.15) is 40.9 Å². The van der Waals surface area contributed by atoms with Crippen LogP contribution in [0.2, 0.25) is 0 Å². The van der Waals surface area contributed by atoms with Gasteiger partial charge in [-0.25, -0.2) is 0 Å². The molecule has 2 aromatic carbocycles. The molecule has 2 N–H and O–H groups in total. The van der Waals surface area contributed by atoms with Gasteiger partial charge in [-0.3, -0.25) is 14.3 Å². The van der Waals surface area contributed by atoms with Crippen LogP contribution in [0.25, 0.3) is 0 Å². The van der Waals surface area contributed by atoms with E-state index in [1.807, 2.05) is 32.0 Å². The fourth-order valence-electron chi connectivity index (χ4n) is 3.46. The predicted octanol–water partition coefficient (Wildman–Crippen LogP) is 3.77. The molecule has 0 aliphatic heterocycles. The monoisotopic (exact) mass is 504 g/mol. The Labute approximate surface area is 217 Å². The van der Waals surface area contributed by atoms with Crippen molar-refractivity contribution in [2.75, 3.05) is 37.5 Å². The molecule has 0 unspecified atom stereocenters. The topological polar surface area (TPSA) is 104 Å². The van der Waals surface area contributed by atoms with Gasteiger partial charge in [-0.2, -0.15) is 5.10 Å². The van der Waals surface area contributed by atoms with Gasteiger partial charge in [-0.1, -0.05) is 17.9 Å². The number of benzene rings is 2. The number of nitrogens with zero attached hydrogens (tertiary/aromatic N) is 2. The molecule has 0 radical (unpaired) electrons. The summed E-state index contributed by atoms with van der Waals surface area (Å²) in [5.41, 5.74) is 3.51. The molecule has 1 aromatic heterocycles. The molecule has 1 amide bonds. The molecule has 3 rings (SSSR count). The van der Waals surface area contributed by atoms with Crippen molar-refractivity contribution in [1.82, 2.24) is 9.78 Å². The Morgan fingerprint density at radius 1 is 1.11 bits per heavy atom. The Kier molecular flexibility index (Phi) is 9.69. The zero-order chi connectivity index (χ0) is 26.8. The summed E-state index contributed by atoms with van der Waals surface area (Å²) in [5, 5.41) is 10.1. The number of rotatable bonds is 10. The number of carbonyl (C=O) groups is 2. The largest absolute Gasteiger partial charge is 0.488 e. The van der Waals surface area contributed by atoms with E-state index >= 15 is 0 Å². The Morgan fingerprint density at radius 2 is 1.89 bits per heavy atom. The van der Waals surface area contributed by atoms with Gasteiger partial charge >= 0.3 is 5.97 Å². The zero-order valence-electron chi connectivity index (χ0n) is 21.8. The standard InChI is InChI=1S/C28H32N4O5/c1-6-36-27(33)17-29-25-15-21(8-7-19(25)2)9-10-22-13-23(16-24(14-22)37-20(3)18-35-5)28(34)30-26-11-12-32(4)31-26/h7-8,11-16,20,29H,6,17-18H2,1-5H3,(H,30,31,34)/t20-/m0/s1. The number of aryl methyl sites for hydroxylation is 2. The van der Waals surface area contributed by atoms with Gasteiger partial charge in [0.15, 0.2) is 5.82 Å². The Balaban J connectivity index is 1.86. The highest BCUT2D eigenvalue weighted by Crippen LogP contribution is 2.21. The number of methoxy groups -OCH3 is 1. The lowest BCUT2D eigenvalue weighted by atomic mass is 10.1. The van der Waals surface area contributed by atoms with E-state index in [2.05, 4.69) is 27.6 Å². The fourth-order valence-corrected chi connectivity index (χ4v) is 3.46. The molecule has 0 aliphatic rings. The summed E-state index contributed by atoms with van der Waals surface area (Å²) in [4.78, 5) is 24.6. The number of anilines is 2. The lowest BCUT2D eigenvalue weighted by molar-refractivity contribution is -0.140. The van der Waals surface area contributed by atoms with Gasteiger partial charge in [-0.05, 0) is 56.7 Å². The van der Waals surface area contributed by atoms with E-state index in [9.17, 15) is 9.59 Å². The minimum absolute atomic E-state index is 0.0688. The van der Waals surface area contributed by atoms with Crippen LogP contribution in [0.15, 0.2) is 48.7 Å². The minimum atomic E-state index is -0.326. The van der Waals surface area contributed by atoms with Crippen LogP contribution in [-0.2, 0) is 21.3 Å². The number of hydrogen-bond acceptors (Lipinski definition) is 7. The predicted molar refractivity (Wildman–Crippen MR) is 142 cm³/mol. The van der Waals surface area contributed by atoms with Gasteiger partial charge in [0.05, 0.1) is 13.2 Å². The molecule has 3 aromatic rings. The van der Waals surface area contributed by atoms with Crippen molar-refractivity contribution in [3.63, 3.8) is 0 Å². The normalized spacial score (nSPS) is 11.2. The molecule has 0 spiro atoms. The molecule has 0 aliphatic carbocycles. The molecular weight excluding hydrogens is 472 g/mol. The van der Waals surface area contributed by atoms with Crippen molar-refractivity contribution in [2.45, 2.75) is 26.9 Å². The molecule has 0 saturated carbocycles. The molecule has 0 saturated heterocycles. The van der Waals surface area contributed by atoms with Gasteiger partial charge in [0, 0.05) is 48.8 Å². The van der Waals surface area contributed by atoms with E-state index < -0.39 is 0 Å². The maximum atomic E-state index is 12.9. The highest BCUT2D eigenvalue weighted by molar-refractivity contribution is 6.04. The Morgan fingerprint density at radius 3 is 2.59 bits per heavy atom. The van der Waals surface area contributed by atoms with Crippen LogP contribution in [0, 0.1) is 18.8 Å². The second-order valence-electron chi connectivity index (χ2n) is 8.40. The summed E-state index contributed by atoms with van der Waals surface area (Å²) >= 11 is 0. The molecule has 194 valence electrons. The van der Waals surface area contributed by atoms with E-state index in [4.69, 9.17) is 14.2 Å². The van der Waals surface area contributed by atoms with Crippen LogP contribution in [-0.4, -0.2) is 54.6 Å².